The number of halogens is 1. The molecule has 2 aromatic rings. The third-order valence-electron chi connectivity index (χ3n) is 5.04. The molecule has 0 aromatic heterocycles. The molecule has 9 heteroatoms. The Kier molecular flexibility index (Phi) is 6.65. The molecule has 3 rings (SSSR count). The molecule has 1 aliphatic rings. The lowest BCUT2D eigenvalue weighted by atomic mass is 9.94. The van der Waals surface area contributed by atoms with Crippen LogP contribution in [0, 0.1) is 0 Å². The standard InChI is InChI=1S/C19H23ClN2O4S2/c1-22(15-5-3-2-4-6-15)19-13-14(20)7-12-18(19)21-28(25,26)17-10-8-16(9-11-17)27(23)24/h7-13,15,21H,2-6H2,1H3,(H,23,24). The molecule has 2 aromatic carbocycles. The lowest BCUT2D eigenvalue weighted by Gasteiger charge is -2.34. The van der Waals surface area contributed by atoms with E-state index in [1.807, 2.05) is 7.05 Å². The monoisotopic (exact) mass is 442 g/mol. The Morgan fingerprint density at radius 1 is 1.11 bits per heavy atom. The van der Waals surface area contributed by atoms with Gasteiger partial charge in [-0.2, -0.15) is 0 Å². The van der Waals surface area contributed by atoms with Crippen molar-refractivity contribution in [2.45, 2.75) is 47.9 Å². The lowest BCUT2D eigenvalue weighted by molar-refractivity contribution is 0.428. The van der Waals surface area contributed by atoms with Crippen molar-refractivity contribution in [1.29, 1.82) is 0 Å². The van der Waals surface area contributed by atoms with Crippen LogP contribution in [0.25, 0.3) is 0 Å². The number of hydrogen-bond acceptors (Lipinski definition) is 4. The number of anilines is 2. The summed E-state index contributed by atoms with van der Waals surface area (Å²) < 4.78 is 48.4. The van der Waals surface area contributed by atoms with Crippen LogP contribution in [0.1, 0.15) is 32.1 Å². The van der Waals surface area contributed by atoms with Gasteiger partial charge in [0.25, 0.3) is 10.0 Å². The zero-order chi connectivity index (χ0) is 20.3. The van der Waals surface area contributed by atoms with Crippen molar-refractivity contribution in [1.82, 2.24) is 0 Å². The maximum absolute atomic E-state index is 12.8. The fourth-order valence-electron chi connectivity index (χ4n) is 3.49. The molecule has 0 amide bonds. The van der Waals surface area contributed by atoms with E-state index in [9.17, 15) is 12.6 Å². The zero-order valence-electron chi connectivity index (χ0n) is 15.5. The summed E-state index contributed by atoms with van der Waals surface area (Å²) in [6.07, 6.45) is 5.68. The van der Waals surface area contributed by atoms with E-state index in [0.29, 0.717) is 16.8 Å². The van der Waals surface area contributed by atoms with Crippen molar-refractivity contribution in [2.75, 3.05) is 16.7 Å². The van der Waals surface area contributed by atoms with E-state index in [1.165, 1.54) is 30.7 Å². The van der Waals surface area contributed by atoms with E-state index in [2.05, 4.69) is 9.62 Å². The molecular weight excluding hydrogens is 420 g/mol. The second kappa shape index (κ2) is 8.82. The highest BCUT2D eigenvalue weighted by atomic mass is 35.5. The molecule has 0 bridgehead atoms. The van der Waals surface area contributed by atoms with Gasteiger partial charge in [0.1, 0.15) is 0 Å². The van der Waals surface area contributed by atoms with Crippen molar-refractivity contribution in [2.24, 2.45) is 0 Å². The van der Waals surface area contributed by atoms with Crippen LogP contribution in [0.15, 0.2) is 52.3 Å². The maximum Gasteiger partial charge on any atom is 0.261 e. The first-order chi connectivity index (χ1) is 13.3. The van der Waals surface area contributed by atoms with Crippen LogP contribution in [-0.2, 0) is 21.1 Å². The summed E-state index contributed by atoms with van der Waals surface area (Å²) in [4.78, 5) is 2.26. The average molecular weight is 443 g/mol. The van der Waals surface area contributed by atoms with Crippen LogP contribution >= 0.6 is 11.6 Å². The maximum atomic E-state index is 12.8. The first-order valence-corrected chi connectivity index (χ1v) is 12.0. The SMILES string of the molecule is CN(c1cc(Cl)ccc1NS(=O)(=O)c1ccc(S(=O)O)cc1)C1CCCCC1. The largest absolute Gasteiger partial charge is 0.370 e. The van der Waals surface area contributed by atoms with Gasteiger partial charge < -0.3 is 9.45 Å². The zero-order valence-corrected chi connectivity index (χ0v) is 17.9. The molecule has 2 N–H and O–H groups in total. The minimum atomic E-state index is -3.86. The first kappa shape index (κ1) is 21.1. The molecule has 0 aliphatic heterocycles. The van der Waals surface area contributed by atoms with Gasteiger partial charge in [-0.15, -0.1) is 0 Å². The molecular formula is C19H23ClN2O4S2. The van der Waals surface area contributed by atoms with Gasteiger partial charge in [-0.25, -0.2) is 12.6 Å². The fourth-order valence-corrected chi connectivity index (χ4v) is 5.10. The lowest BCUT2D eigenvalue weighted by Crippen LogP contribution is -2.34. The van der Waals surface area contributed by atoms with Crippen LogP contribution in [0.2, 0.25) is 5.02 Å². The Bertz CT molecular complexity index is 958. The highest BCUT2D eigenvalue weighted by molar-refractivity contribution is 7.92. The number of hydrogen-bond donors (Lipinski definition) is 2. The second-order valence-electron chi connectivity index (χ2n) is 6.89. The Labute approximate surface area is 173 Å². The highest BCUT2D eigenvalue weighted by Crippen LogP contribution is 2.34. The number of sulfonamides is 1. The Morgan fingerprint density at radius 3 is 2.36 bits per heavy atom. The minimum Gasteiger partial charge on any atom is -0.370 e. The van der Waals surface area contributed by atoms with Gasteiger partial charge in [-0.3, -0.25) is 4.72 Å². The van der Waals surface area contributed by atoms with Gasteiger partial charge in [0.2, 0.25) is 0 Å². The summed E-state index contributed by atoms with van der Waals surface area (Å²) >= 11 is 4.02. The minimum absolute atomic E-state index is 0.0166. The van der Waals surface area contributed by atoms with E-state index in [1.54, 1.807) is 18.2 Å². The normalized spacial score (nSPS) is 16.5. The topological polar surface area (TPSA) is 86.7 Å². The van der Waals surface area contributed by atoms with Crippen LogP contribution < -0.4 is 9.62 Å². The van der Waals surface area contributed by atoms with E-state index in [-0.39, 0.29) is 9.79 Å². The van der Waals surface area contributed by atoms with Gasteiger partial charge >= 0.3 is 0 Å². The summed E-state index contributed by atoms with van der Waals surface area (Å²) in [6.45, 7) is 0. The van der Waals surface area contributed by atoms with Gasteiger partial charge in [-0.1, -0.05) is 30.9 Å². The van der Waals surface area contributed by atoms with Crippen LogP contribution in [-0.4, -0.2) is 30.3 Å². The molecule has 0 spiro atoms. The summed E-state index contributed by atoms with van der Waals surface area (Å²) in [5.41, 5.74) is 1.18. The summed E-state index contributed by atoms with van der Waals surface area (Å²) in [6, 6.07) is 10.7. The van der Waals surface area contributed by atoms with Crippen molar-refractivity contribution in [3.8, 4) is 0 Å². The number of rotatable bonds is 6. The summed E-state index contributed by atoms with van der Waals surface area (Å²) in [7, 11) is -1.89. The Hall–Kier alpha value is -1.61. The third kappa shape index (κ3) is 4.86. The Morgan fingerprint density at radius 2 is 1.75 bits per heavy atom. The molecule has 1 unspecified atom stereocenters. The van der Waals surface area contributed by atoms with Crippen molar-refractivity contribution in [3.05, 3.63) is 47.5 Å². The van der Waals surface area contributed by atoms with Gasteiger partial charge in [0, 0.05) is 18.1 Å². The van der Waals surface area contributed by atoms with Crippen molar-refractivity contribution in [3.63, 3.8) is 0 Å². The van der Waals surface area contributed by atoms with Gasteiger partial charge in [0.05, 0.1) is 21.2 Å². The predicted molar refractivity (Wildman–Crippen MR) is 113 cm³/mol. The molecule has 152 valence electrons. The molecule has 0 heterocycles. The average Bonchev–Trinajstić information content (AvgIpc) is 2.69. The summed E-state index contributed by atoms with van der Waals surface area (Å²) in [5.74, 6) is 0. The summed E-state index contributed by atoms with van der Waals surface area (Å²) in [5, 5.41) is 0.537. The second-order valence-corrected chi connectivity index (χ2v) is 9.98. The number of nitrogens with one attached hydrogen (secondary N) is 1. The molecule has 0 saturated heterocycles. The molecule has 1 aliphatic carbocycles. The van der Waals surface area contributed by atoms with Crippen LogP contribution in [0.5, 0.6) is 0 Å². The first-order valence-electron chi connectivity index (χ1n) is 9.04. The Balaban J connectivity index is 1.89. The number of benzene rings is 2. The van der Waals surface area contributed by atoms with E-state index < -0.39 is 21.1 Å². The molecule has 28 heavy (non-hydrogen) atoms. The van der Waals surface area contributed by atoms with Crippen LogP contribution in [0.3, 0.4) is 0 Å². The fraction of sp³-hybridized carbons (Fsp3) is 0.368. The number of nitrogens with zero attached hydrogens (tertiary/aromatic N) is 1. The molecule has 1 saturated carbocycles. The van der Waals surface area contributed by atoms with Gasteiger partial charge in [-0.05, 0) is 55.3 Å². The predicted octanol–water partition coefficient (Wildman–Crippen LogP) is 4.49. The third-order valence-corrected chi connectivity index (χ3v) is 7.33. The van der Waals surface area contributed by atoms with Gasteiger partial charge in [0.15, 0.2) is 11.1 Å². The van der Waals surface area contributed by atoms with Crippen molar-refractivity contribution >= 4 is 44.1 Å². The quantitative estimate of drug-likeness (QED) is 0.643. The van der Waals surface area contributed by atoms with E-state index in [0.717, 1.165) is 31.4 Å². The molecule has 1 atom stereocenters. The smallest absolute Gasteiger partial charge is 0.261 e. The molecule has 6 nitrogen and oxygen atoms in total. The van der Waals surface area contributed by atoms with E-state index in [4.69, 9.17) is 16.2 Å². The van der Waals surface area contributed by atoms with E-state index >= 15 is 0 Å². The highest BCUT2D eigenvalue weighted by Gasteiger charge is 2.23. The molecule has 0 radical (unpaired) electrons. The van der Waals surface area contributed by atoms with Crippen molar-refractivity contribution < 1.29 is 17.2 Å². The molecule has 1 fully saturated rings. The van der Waals surface area contributed by atoms with Crippen LogP contribution in [0.4, 0.5) is 11.4 Å².